The third-order valence-electron chi connectivity index (χ3n) is 6.96. The van der Waals surface area contributed by atoms with Crippen LogP contribution < -0.4 is 16.0 Å². The van der Waals surface area contributed by atoms with Gasteiger partial charge in [0.25, 0.3) is 5.91 Å². The maximum Gasteiger partial charge on any atom is 0.410 e. The molecule has 2 aliphatic heterocycles. The number of carbonyl (C=O) groups excluding carboxylic acids is 3. The molecule has 0 saturated carbocycles. The van der Waals surface area contributed by atoms with E-state index in [9.17, 15) is 14.4 Å². The Balaban J connectivity index is 1.48. The molecule has 3 rings (SSSR count). The van der Waals surface area contributed by atoms with Crippen molar-refractivity contribution in [1.29, 1.82) is 0 Å². The second-order valence-electron chi connectivity index (χ2n) is 10.7. The lowest BCUT2D eigenvalue weighted by atomic mass is 9.79. The van der Waals surface area contributed by atoms with Gasteiger partial charge in [0, 0.05) is 44.1 Å². The summed E-state index contributed by atoms with van der Waals surface area (Å²) < 4.78 is 10.4. The number of nitrogens with one attached hydrogen (secondary N) is 1. The van der Waals surface area contributed by atoms with Crippen LogP contribution in [0.15, 0.2) is 18.2 Å². The molecule has 2 fully saturated rings. The molecule has 0 unspecified atom stereocenters. The molecule has 0 radical (unpaired) electrons. The van der Waals surface area contributed by atoms with Crippen LogP contribution in [0.25, 0.3) is 0 Å². The number of nitrogens with zero attached hydrogens (tertiary/aromatic N) is 2. The van der Waals surface area contributed by atoms with Crippen molar-refractivity contribution >= 4 is 29.3 Å². The number of hydrogen-bond donors (Lipinski definition) is 2. The van der Waals surface area contributed by atoms with E-state index in [0.717, 1.165) is 57.5 Å². The van der Waals surface area contributed by atoms with Gasteiger partial charge < -0.3 is 30.3 Å². The molecule has 0 aromatic heterocycles. The van der Waals surface area contributed by atoms with Gasteiger partial charge in [0.05, 0.1) is 18.6 Å². The van der Waals surface area contributed by atoms with Crippen molar-refractivity contribution in [2.75, 3.05) is 50.0 Å². The quantitative estimate of drug-likeness (QED) is 0.430. The van der Waals surface area contributed by atoms with Crippen LogP contribution in [0.4, 0.5) is 16.2 Å². The molecule has 0 atom stereocenters. The minimum absolute atomic E-state index is 0.128. The molecule has 0 bridgehead atoms. The first-order chi connectivity index (χ1) is 17.1. The summed E-state index contributed by atoms with van der Waals surface area (Å²) in [5.74, 6) is 0.641. The molecule has 3 N–H and O–H groups in total. The summed E-state index contributed by atoms with van der Waals surface area (Å²) in [4.78, 5) is 40.6. The number of ether oxygens (including phenoxy) is 2. The number of piperidine rings is 2. The van der Waals surface area contributed by atoms with Crippen LogP contribution in [-0.2, 0) is 14.3 Å². The number of benzene rings is 1. The van der Waals surface area contributed by atoms with Gasteiger partial charge in [-0.25, -0.2) is 4.79 Å². The van der Waals surface area contributed by atoms with E-state index in [-0.39, 0.29) is 30.9 Å². The van der Waals surface area contributed by atoms with E-state index < -0.39 is 5.60 Å². The van der Waals surface area contributed by atoms with Crippen LogP contribution in [0.2, 0.25) is 0 Å². The molecule has 0 spiro atoms. The Bertz CT molecular complexity index is 913. The first-order valence-corrected chi connectivity index (χ1v) is 13.1. The summed E-state index contributed by atoms with van der Waals surface area (Å²) in [6, 6.07) is 5.58. The van der Waals surface area contributed by atoms with E-state index in [1.54, 1.807) is 13.0 Å². The van der Waals surface area contributed by atoms with Crippen molar-refractivity contribution in [2.24, 2.45) is 11.8 Å². The number of amides is 2. The number of carbonyl (C=O) groups is 3. The van der Waals surface area contributed by atoms with Crippen LogP contribution in [0.5, 0.6) is 0 Å². The molecule has 200 valence electrons. The van der Waals surface area contributed by atoms with Crippen LogP contribution in [-0.4, -0.2) is 67.8 Å². The number of esters is 1. The smallest absolute Gasteiger partial charge is 0.410 e. The maximum atomic E-state index is 12.7. The number of anilines is 2. The number of hydrogen-bond acceptors (Lipinski definition) is 7. The van der Waals surface area contributed by atoms with Crippen molar-refractivity contribution in [3.05, 3.63) is 23.8 Å². The van der Waals surface area contributed by atoms with Gasteiger partial charge in [-0.15, -0.1) is 0 Å². The summed E-state index contributed by atoms with van der Waals surface area (Å²) >= 11 is 0. The Morgan fingerprint density at radius 3 is 2.22 bits per heavy atom. The monoisotopic (exact) mass is 502 g/mol. The molecular weight excluding hydrogens is 460 g/mol. The van der Waals surface area contributed by atoms with E-state index in [2.05, 4.69) is 10.2 Å². The zero-order valence-electron chi connectivity index (χ0n) is 22.2. The zero-order valence-corrected chi connectivity index (χ0v) is 22.2. The normalized spacial score (nSPS) is 17.6. The van der Waals surface area contributed by atoms with E-state index in [4.69, 9.17) is 15.2 Å². The third-order valence-corrected chi connectivity index (χ3v) is 6.96. The fraction of sp³-hybridized carbons (Fsp3) is 0.667. The summed E-state index contributed by atoms with van der Waals surface area (Å²) in [5.41, 5.74) is 7.43. The minimum atomic E-state index is -0.466. The first kappa shape index (κ1) is 27.6. The molecule has 9 heteroatoms. The van der Waals surface area contributed by atoms with E-state index in [1.165, 1.54) is 0 Å². The lowest BCUT2D eigenvalue weighted by molar-refractivity contribution is -0.142. The zero-order chi connectivity index (χ0) is 26.3. The van der Waals surface area contributed by atoms with Crippen LogP contribution in [0.3, 0.4) is 0 Å². The van der Waals surface area contributed by atoms with E-state index >= 15 is 0 Å². The Morgan fingerprint density at radius 1 is 1.03 bits per heavy atom. The van der Waals surface area contributed by atoms with Crippen molar-refractivity contribution in [3.8, 4) is 0 Å². The number of likely N-dealkylation sites (tertiary alicyclic amines) is 1. The molecule has 2 amide bonds. The first-order valence-electron chi connectivity index (χ1n) is 13.1. The molecule has 1 aromatic rings. The van der Waals surface area contributed by atoms with Gasteiger partial charge >= 0.3 is 12.1 Å². The second-order valence-corrected chi connectivity index (χ2v) is 10.7. The SMILES string of the molecule is CCOC(=O)CCNC(=O)c1cc(N2CCC(C3CCN(C(=O)OC(C)(C)C)CC3)CC2)ccc1N. The van der Waals surface area contributed by atoms with Crippen LogP contribution in [0.1, 0.15) is 70.2 Å². The van der Waals surface area contributed by atoms with Gasteiger partial charge in [-0.05, 0) is 83.4 Å². The topological polar surface area (TPSA) is 114 Å². The highest BCUT2D eigenvalue weighted by Gasteiger charge is 2.32. The van der Waals surface area contributed by atoms with Gasteiger partial charge in [0.15, 0.2) is 0 Å². The largest absolute Gasteiger partial charge is 0.466 e. The lowest BCUT2D eigenvalue weighted by Gasteiger charge is -2.41. The molecule has 2 heterocycles. The summed E-state index contributed by atoms with van der Waals surface area (Å²) in [5, 5.41) is 2.76. The third kappa shape index (κ3) is 7.77. The lowest BCUT2D eigenvalue weighted by Crippen LogP contribution is -2.44. The fourth-order valence-electron chi connectivity index (χ4n) is 5.05. The highest BCUT2D eigenvalue weighted by Crippen LogP contribution is 2.34. The number of rotatable bonds is 7. The summed E-state index contributed by atoms with van der Waals surface area (Å²) in [6.45, 7) is 11.3. The average Bonchev–Trinajstić information content (AvgIpc) is 2.83. The van der Waals surface area contributed by atoms with Crippen LogP contribution in [0, 0.1) is 11.8 Å². The highest BCUT2D eigenvalue weighted by atomic mass is 16.6. The molecule has 36 heavy (non-hydrogen) atoms. The van der Waals surface area contributed by atoms with Crippen LogP contribution >= 0.6 is 0 Å². The Labute approximate surface area is 214 Å². The molecule has 1 aromatic carbocycles. The Kier molecular flexibility index (Phi) is 9.45. The van der Waals surface area contributed by atoms with Crippen molar-refractivity contribution < 1.29 is 23.9 Å². The van der Waals surface area contributed by atoms with Gasteiger partial charge in [-0.1, -0.05) is 0 Å². The standard InChI is InChI=1S/C27H42N4O5/c1-5-35-24(32)8-13-29-25(33)22-18-21(6-7-23(22)28)30-14-9-19(10-15-30)20-11-16-31(17-12-20)26(34)36-27(2,3)4/h6-7,18-20H,5,8-17,28H2,1-4H3,(H,29,33). The molecular formula is C27H42N4O5. The molecule has 2 aliphatic rings. The van der Waals surface area contributed by atoms with Gasteiger partial charge in [-0.2, -0.15) is 0 Å². The Morgan fingerprint density at radius 2 is 1.64 bits per heavy atom. The minimum Gasteiger partial charge on any atom is -0.466 e. The van der Waals surface area contributed by atoms with Crippen molar-refractivity contribution in [3.63, 3.8) is 0 Å². The second kappa shape index (κ2) is 12.3. The predicted octanol–water partition coefficient (Wildman–Crippen LogP) is 3.82. The van der Waals surface area contributed by atoms with Gasteiger partial charge in [-0.3, -0.25) is 9.59 Å². The van der Waals surface area contributed by atoms with Crippen molar-refractivity contribution in [1.82, 2.24) is 10.2 Å². The van der Waals surface area contributed by atoms with Gasteiger partial charge in [0.2, 0.25) is 0 Å². The average molecular weight is 503 g/mol. The van der Waals surface area contributed by atoms with E-state index in [1.807, 2.05) is 37.8 Å². The number of nitrogen functional groups attached to an aromatic ring is 1. The Hall–Kier alpha value is -2.97. The maximum absolute atomic E-state index is 12.7. The summed E-state index contributed by atoms with van der Waals surface area (Å²) in [7, 11) is 0. The van der Waals surface area contributed by atoms with Gasteiger partial charge in [0.1, 0.15) is 5.60 Å². The highest BCUT2D eigenvalue weighted by molar-refractivity contribution is 6.00. The van der Waals surface area contributed by atoms with E-state index in [0.29, 0.717) is 29.7 Å². The molecule has 0 aliphatic carbocycles. The molecule has 9 nitrogen and oxygen atoms in total. The number of nitrogens with two attached hydrogens (primary N) is 1. The molecule has 2 saturated heterocycles. The summed E-state index contributed by atoms with van der Waals surface area (Å²) in [6.07, 6.45) is 4.12. The predicted molar refractivity (Wildman–Crippen MR) is 140 cm³/mol. The van der Waals surface area contributed by atoms with Crippen molar-refractivity contribution in [2.45, 2.75) is 65.4 Å². The fourth-order valence-corrected chi connectivity index (χ4v) is 5.05.